The second-order valence-corrected chi connectivity index (χ2v) is 4.98. The summed E-state index contributed by atoms with van der Waals surface area (Å²) in [5, 5.41) is 8.98. The molecule has 112 valence electrons. The molecule has 2 rings (SSSR count). The number of ether oxygens (including phenoxy) is 1. The maximum atomic E-state index is 14.2. The molecular formula is C15H23FN2O2. The first-order chi connectivity index (χ1) is 9.74. The van der Waals surface area contributed by atoms with Crippen LogP contribution in [-0.2, 0) is 11.3 Å². The molecule has 0 spiro atoms. The van der Waals surface area contributed by atoms with Crippen molar-refractivity contribution in [3.05, 3.63) is 29.6 Å². The molecule has 1 aliphatic rings. The molecule has 0 unspecified atom stereocenters. The summed E-state index contributed by atoms with van der Waals surface area (Å²) in [5.74, 6) is -0.176. The van der Waals surface area contributed by atoms with Crippen LogP contribution < -0.4 is 4.90 Å². The molecule has 20 heavy (non-hydrogen) atoms. The van der Waals surface area contributed by atoms with Crippen LogP contribution in [0.15, 0.2) is 18.2 Å². The molecule has 1 N–H and O–H groups in total. The highest BCUT2D eigenvalue weighted by molar-refractivity contribution is 5.49. The highest BCUT2D eigenvalue weighted by Crippen LogP contribution is 2.22. The fraction of sp³-hybridized carbons (Fsp3) is 0.600. The lowest BCUT2D eigenvalue weighted by atomic mass is 10.1. The predicted molar refractivity (Wildman–Crippen MR) is 77.5 cm³/mol. The highest BCUT2D eigenvalue weighted by Gasteiger charge is 2.15. The molecule has 0 atom stereocenters. The van der Waals surface area contributed by atoms with Crippen molar-refractivity contribution in [1.82, 2.24) is 4.90 Å². The zero-order valence-corrected chi connectivity index (χ0v) is 12.0. The standard InChI is InChI=1S/C15H23FN2O2/c1-2-17(5-8-19)12-13-3-4-15(14(16)11-13)18-6-9-20-10-7-18/h3-4,11,19H,2,5-10,12H2,1H3. The number of halogens is 1. The van der Waals surface area contributed by atoms with Gasteiger partial charge < -0.3 is 14.7 Å². The van der Waals surface area contributed by atoms with Crippen molar-refractivity contribution in [3.8, 4) is 0 Å². The Morgan fingerprint density at radius 3 is 2.70 bits per heavy atom. The first kappa shape index (κ1) is 15.2. The minimum atomic E-state index is -0.176. The minimum Gasteiger partial charge on any atom is -0.395 e. The second kappa shape index (κ2) is 7.57. The molecule has 0 aliphatic carbocycles. The van der Waals surface area contributed by atoms with Gasteiger partial charge in [0.25, 0.3) is 0 Å². The summed E-state index contributed by atoms with van der Waals surface area (Å²) in [4.78, 5) is 4.11. The number of aliphatic hydroxyl groups is 1. The van der Waals surface area contributed by atoms with Gasteiger partial charge in [-0.25, -0.2) is 4.39 Å². The Morgan fingerprint density at radius 2 is 2.10 bits per heavy atom. The SMILES string of the molecule is CCN(CCO)Cc1ccc(N2CCOCC2)c(F)c1. The maximum Gasteiger partial charge on any atom is 0.146 e. The van der Waals surface area contributed by atoms with Crippen molar-refractivity contribution >= 4 is 5.69 Å². The Labute approximate surface area is 119 Å². The Morgan fingerprint density at radius 1 is 1.35 bits per heavy atom. The van der Waals surface area contributed by atoms with Crippen LogP contribution in [0.5, 0.6) is 0 Å². The lowest BCUT2D eigenvalue weighted by Crippen LogP contribution is -2.36. The van der Waals surface area contributed by atoms with E-state index in [2.05, 4.69) is 4.90 Å². The largest absolute Gasteiger partial charge is 0.395 e. The van der Waals surface area contributed by atoms with Crippen LogP contribution in [-0.4, -0.2) is 56.0 Å². The molecule has 1 fully saturated rings. The number of likely N-dealkylation sites (N-methyl/N-ethyl adjacent to an activating group) is 1. The summed E-state index contributed by atoms with van der Waals surface area (Å²) >= 11 is 0. The third-order valence-electron chi connectivity index (χ3n) is 3.63. The van der Waals surface area contributed by atoms with Crippen molar-refractivity contribution in [2.24, 2.45) is 0 Å². The first-order valence-corrected chi connectivity index (χ1v) is 7.19. The summed E-state index contributed by atoms with van der Waals surface area (Å²) in [6.45, 7) is 7.07. The van der Waals surface area contributed by atoms with Crippen LogP contribution >= 0.6 is 0 Å². The average Bonchev–Trinajstić information content (AvgIpc) is 2.48. The van der Waals surface area contributed by atoms with Gasteiger partial charge >= 0.3 is 0 Å². The topological polar surface area (TPSA) is 35.9 Å². The summed E-state index contributed by atoms with van der Waals surface area (Å²) < 4.78 is 19.5. The number of aliphatic hydroxyl groups excluding tert-OH is 1. The lowest BCUT2D eigenvalue weighted by molar-refractivity contribution is 0.122. The molecule has 1 aromatic rings. The van der Waals surface area contributed by atoms with E-state index in [-0.39, 0.29) is 12.4 Å². The minimum absolute atomic E-state index is 0.127. The summed E-state index contributed by atoms with van der Waals surface area (Å²) in [7, 11) is 0. The van der Waals surface area contributed by atoms with Crippen LogP contribution in [0.1, 0.15) is 12.5 Å². The molecule has 0 saturated carbocycles. The Bertz CT molecular complexity index is 422. The van der Waals surface area contributed by atoms with Crippen molar-refractivity contribution < 1.29 is 14.2 Å². The maximum absolute atomic E-state index is 14.2. The smallest absolute Gasteiger partial charge is 0.146 e. The van der Waals surface area contributed by atoms with Gasteiger partial charge in [0.1, 0.15) is 5.82 Å². The van der Waals surface area contributed by atoms with Crippen molar-refractivity contribution in [2.45, 2.75) is 13.5 Å². The van der Waals surface area contributed by atoms with Gasteiger partial charge in [0.05, 0.1) is 25.5 Å². The van der Waals surface area contributed by atoms with E-state index in [1.165, 1.54) is 0 Å². The molecule has 0 amide bonds. The fourth-order valence-electron chi connectivity index (χ4n) is 2.46. The number of hydrogen-bond donors (Lipinski definition) is 1. The van der Waals surface area contributed by atoms with Gasteiger partial charge in [0.15, 0.2) is 0 Å². The Hall–Kier alpha value is -1.17. The average molecular weight is 282 g/mol. The molecule has 1 saturated heterocycles. The van der Waals surface area contributed by atoms with E-state index in [0.29, 0.717) is 32.0 Å². The van der Waals surface area contributed by atoms with Crippen molar-refractivity contribution in [2.75, 3.05) is 50.9 Å². The third kappa shape index (κ3) is 3.91. The van der Waals surface area contributed by atoms with Crippen LogP contribution in [0.25, 0.3) is 0 Å². The third-order valence-corrected chi connectivity index (χ3v) is 3.63. The molecule has 4 nitrogen and oxygen atoms in total. The number of nitrogens with zero attached hydrogens (tertiary/aromatic N) is 2. The number of benzene rings is 1. The monoisotopic (exact) mass is 282 g/mol. The number of rotatable bonds is 6. The number of hydrogen-bond acceptors (Lipinski definition) is 4. The van der Waals surface area contributed by atoms with Crippen molar-refractivity contribution in [1.29, 1.82) is 0 Å². The van der Waals surface area contributed by atoms with Crippen LogP contribution in [0.4, 0.5) is 10.1 Å². The molecule has 0 radical (unpaired) electrons. The number of morpholine rings is 1. The summed E-state index contributed by atoms with van der Waals surface area (Å²) in [5.41, 5.74) is 1.59. The van der Waals surface area contributed by atoms with Gasteiger partial charge in [-0.2, -0.15) is 0 Å². The highest BCUT2D eigenvalue weighted by atomic mass is 19.1. The molecule has 0 bridgehead atoms. The predicted octanol–water partition coefficient (Wildman–Crippen LogP) is 1.48. The van der Waals surface area contributed by atoms with E-state index in [1.807, 2.05) is 24.0 Å². The van der Waals surface area contributed by atoms with Gasteiger partial charge in [-0.3, -0.25) is 4.90 Å². The van der Waals surface area contributed by atoms with Crippen LogP contribution in [0.3, 0.4) is 0 Å². The Kier molecular flexibility index (Phi) is 5.76. The van der Waals surface area contributed by atoms with E-state index in [9.17, 15) is 4.39 Å². The molecule has 1 aromatic carbocycles. The van der Waals surface area contributed by atoms with E-state index in [4.69, 9.17) is 9.84 Å². The van der Waals surface area contributed by atoms with Crippen LogP contribution in [0.2, 0.25) is 0 Å². The molecule has 1 heterocycles. The zero-order valence-electron chi connectivity index (χ0n) is 12.0. The molecule has 1 aliphatic heterocycles. The number of anilines is 1. The van der Waals surface area contributed by atoms with Gasteiger partial charge in [0.2, 0.25) is 0 Å². The normalized spacial score (nSPS) is 15.9. The quantitative estimate of drug-likeness (QED) is 0.857. The van der Waals surface area contributed by atoms with Crippen molar-refractivity contribution in [3.63, 3.8) is 0 Å². The lowest BCUT2D eigenvalue weighted by Gasteiger charge is -2.29. The molecule has 5 heteroatoms. The van der Waals surface area contributed by atoms with Gasteiger partial charge in [-0.05, 0) is 24.2 Å². The van der Waals surface area contributed by atoms with Crippen LogP contribution in [0, 0.1) is 5.82 Å². The van der Waals surface area contributed by atoms with E-state index >= 15 is 0 Å². The van der Waals surface area contributed by atoms with Gasteiger partial charge in [0, 0.05) is 26.2 Å². The molecule has 0 aromatic heterocycles. The van der Waals surface area contributed by atoms with Gasteiger partial charge in [-0.1, -0.05) is 13.0 Å². The summed E-state index contributed by atoms with van der Waals surface area (Å²) in [6, 6.07) is 5.42. The second-order valence-electron chi connectivity index (χ2n) is 4.98. The zero-order chi connectivity index (χ0) is 14.4. The van der Waals surface area contributed by atoms with E-state index in [1.54, 1.807) is 6.07 Å². The van der Waals surface area contributed by atoms with E-state index in [0.717, 1.165) is 25.2 Å². The molecular weight excluding hydrogens is 259 g/mol. The Balaban J connectivity index is 2.04. The summed E-state index contributed by atoms with van der Waals surface area (Å²) in [6.07, 6.45) is 0. The fourth-order valence-corrected chi connectivity index (χ4v) is 2.46. The van der Waals surface area contributed by atoms with E-state index < -0.39 is 0 Å². The first-order valence-electron chi connectivity index (χ1n) is 7.19. The van der Waals surface area contributed by atoms with Gasteiger partial charge in [-0.15, -0.1) is 0 Å².